The standard InChI is InChI=1S/C19H26N6O2S/c20-17-16(18(26)22-14-2-1-7-21-12-14)28-19(24-17)23-13-3-5-15(6-4-13)25-8-10-27-11-9-25/h3-6,14,21H,1-2,7-12,20H2,(H,22,26)(H,23,24). The number of benzene rings is 1. The molecule has 1 aromatic carbocycles. The van der Waals surface area contributed by atoms with Crippen molar-refractivity contribution in [3.8, 4) is 0 Å². The maximum Gasteiger partial charge on any atom is 0.265 e. The fourth-order valence-electron chi connectivity index (χ4n) is 3.47. The van der Waals surface area contributed by atoms with Crippen molar-refractivity contribution < 1.29 is 9.53 Å². The predicted octanol–water partition coefficient (Wildman–Crippen LogP) is 1.79. The molecule has 2 aliphatic heterocycles. The summed E-state index contributed by atoms with van der Waals surface area (Å²) in [5.41, 5.74) is 8.07. The van der Waals surface area contributed by atoms with E-state index in [-0.39, 0.29) is 17.8 Å². The predicted molar refractivity (Wildman–Crippen MR) is 113 cm³/mol. The van der Waals surface area contributed by atoms with Gasteiger partial charge in [-0.05, 0) is 43.7 Å². The van der Waals surface area contributed by atoms with Crippen LogP contribution in [0.4, 0.5) is 22.3 Å². The molecule has 4 rings (SSSR count). The molecule has 0 spiro atoms. The number of anilines is 4. The summed E-state index contributed by atoms with van der Waals surface area (Å²) in [5.74, 6) is 0.109. The van der Waals surface area contributed by atoms with Crippen LogP contribution in [0, 0.1) is 0 Å². The maximum absolute atomic E-state index is 12.5. The van der Waals surface area contributed by atoms with Crippen LogP contribution in [-0.4, -0.2) is 56.3 Å². The number of nitrogens with one attached hydrogen (secondary N) is 3. The highest BCUT2D eigenvalue weighted by Gasteiger charge is 2.21. The van der Waals surface area contributed by atoms with E-state index in [4.69, 9.17) is 10.5 Å². The quantitative estimate of drug-likeness (QED) is 0.604. The lowest BCUT2D eigenvalue weighted by Crippen LogP contribution is -2.45. The number of nitrogen functional groups attached to an aromatic ring is 1. The average Bonchev–Trinajstić information content (AvgIpc) is 3.10. The van der Waals surface area contributed by atoms with Crippen molar-refractivity contribution in [3.63, 3.8) is 0 Å². The van der Waals surface area contributed by atoms with Crippen LogP contribution in [0.3, 0.4) is 0 Å². The molecule has 0 bridgehead atoms. The summed E-state index contributed by atoms with van der Waals surface area (Å²) >= 11 is 1.28. The van der Waals surface area contributed by atoms with E-state index in [0.717, 1.165) is 57.9 Å². The molecule has 1 amide bonds. The van der Waals surface area contributed by atoms with Gasteiger partial charge in [0.1, 0.15) is 10.7 Å². The van der Waals surface area contributed by atoms with Crippen LogP contribution in [0.1, 0.15) is 22.5 Å². The van der Waals surface area contributed by atoms with Crippen LogP contribution >= 0.6 is 11.3 Å². The van der Waals surface area contributed by atoms with E-state index in [0.29, 0.717) is 10.0 Å². The van der Waals surface area contributed by atoms with Crippen LogP contribution in [0.5, 0.6) is 0 Å². The molecule has 2 aromatic rings. The molecular weight excluding hydrogens is 376 g/mol. The molecule has 1 atom stereocenters. The lowest BCUT2D eigenvalue weighted by Gasteiger charge is -2.28. The zero-order valence-corrected chi connectivity index (χ0v) is 16.6. The second-order valence-corrected chi connectivity index (χ2v) is 8.02. The van der Waals surface area contributed by atoms with Crippen molar-refractivity contribution in [1.29, 1.82) is 0 Å². The summed E-state index contributed by atoms with van der Waals surface area (Å²) in [7, 11) is 0. The second-order valence-electron chi connectivity index (χ2n) is 7.02. The fourth-order valence-corrected chi connectivity index (χ4v) is 4.28. The summed E-state index contributed by atoms with van der Waals surface area (Å²) in [6.07, 6.45) is 2.05. The highest BCUT2D eigenvalue weighted by Crippen LogP contribution is 2.29. The highest BCUT2D eigenvalue weighted by atomic mass is 32.1. The monoisotopic (exact) mass is 402 g/mol. The Morgan fingerprint density at radius 3 is 2.79 bits per heavy atom. The first kappa shape index (κ1) is 19.0. The van der Waals surface area contributed by atoms with Gasteiger partial charge in [-0.3, -0.25) is 4.79 Å². The van der Waals surface area contributed by atoms with Crippen molar-refractivity contribution >= 4 is 39.6 Å². The van der Waals surface area contributed by atoms with E-state index in [1.807, 2.05) is 12.1 Å². The number of hydrogen-bond donors (Lipinski definition) is 4. The van der Waals surface area contributed by atoms with Crippen LogP contribution in [0.2, 0.25) is 0 Å². The zero-order chi connectivity index (χ0) is 19.3. The topological polar surface area (TPSA) is 105 Å². The van der Waals surface area contributed by atoms with Crippen molar-refractivity contribution in [2.45, 2.75) is 18.9 Å². The first-order valence-electron chi connectivity index (χ1n) is 9.67. The van der Waals surface area contributed by atoms with E-state index in [1.54, 1.807) is 0 Å². The number of aromatic nitrogens is 1. The molecule has 0 aliphatic carbocycles. The Morgan fingerprint density at radius 1 is 1.29 bits per heavy atom. The number of thiazole rings is 1. The number of piperidine rings is 1. The molecule has 2 fully saturated rings. The van der Waals surface area contributed by atoms with Gasteiger partial charge in [-0.25, -0.2) is 4.98 Å². The normalized spacial score (nSPS) is 20.0. The van der Waals surface area contributed by atoms with E-state index in [9.17, 15) is 4.79 Å². The second kappa shape index (κ2) is 8.76. The van der Waals surface area contributed by atoms with Gasteiger partial charge >= 0.3 is 0 Å². The number of hydrogen-bond acceptors (Lipinski definition) is 8. The molecule has 5 N–H and O–H groups in total. The molecule has 0 saturated carbocycles. The number of morpholine rings is 1. The highest BCUT2D eigenvalue weighted by molar-refractivity contribution is 7.18. The molecule has 3 heterocycles. The first-order chi connectivity index (χ1) is 13.7. The minimum absolute atomic E-state index is 0.145. The lowest BCUT2D eigenvalue weighted by atomic mass is 10.1. The van der Waals surface area contributed by atoms with E-state index in [2.05, 4.69) is 38.0 Å². The molecule has 150 valence electrons. The largest absolute Gasteiger partial charge is 0.382 e. The third-order valence-electron chi connectivity index (χ3n) is 4.99. The van der Waals surface area contributed by atoms with Gasteiger partial charge in [0.15, 0.2) is 5.13 Å². The van der Waals surface area contributed by atoms with Gasteiger partial charge in [-0.2, -0.15) is 0 Å². The first-order valence-corrected chi connectivity index (χ1v) is 10.5. The van der Waals surface area contributed by atoms with Crippen molar-refractivity contribution in [3.05, 3.63) is 29.1 Å². The van der Waals surface area contributed by atoms with Gasteiger partial charge < -0.3 is 31.3 Å². The average molecular weight is 403 g/mol. The lowest BCUT2D eigenvalue weighted by molar-refractivity contribution is 0.0935. The summed E-state index contributed by atoms with van der Waals surface area (Å²) in [6, 6.07) is 8.32. The van der Waals surface area contributed by atoms with Crippen molar-refractivity contribution in [1.82, 2.24) is 15.6 Å². The van der Waals surface area contributed by atoms with Crippen LogP contribution in [0.25, 0.3) is 0 Å². The Kier molecular flexibility index (Phi) is 5.94. The van der Waals surface area contributed by atoms with E-state index < -0.39 is 0 Å². The van der Waals surface area contributed by atoms with Gasteiger partial charge in [-0.15, -0.1) is 0 Å². The number of carbonyl (C=O) groups excluding carboxylic acids is 1. The van der Waals surface area contributed by atoms with Crippen molar-refractivity contribution in [2.75, 3.05) is 55.3 Å². The van der Waals surface area contributed by atoms with Crippen LogP contribution in [0.15, 0.2) is 24.3 Å². The van der Waals surface area contributed by atoms with Crippen LogP contribution < -0.4 is 26.6 Å². The molecule has 8 nitrogen and oxygen atoms in total. The van der Waals surface area contributed by atoms with Gasteiger partial charge in [0.2, 0.25) is 0 Å². The molecule has 1 unspecified atom stereocenters. The Bertz CT molecular complexity index is 797. The molecule has 2 aliphatic rings. The van der Waals surface area contributed by atoms with Gasteiger partial charge in [0.05, 0.1) is 13.2 Å². The minimum Gasteiger partial charge on any atom is -0.382 e. The number of amides is 1. The zero-order valence-electron chi connectivity index (χ0n) is 15.7. The Hall–Kier alpha value is -2.36. The Balaban J connectivity index is 1.38. The molecule has 1 aromatic heterocycles. The minimum atomic E-state index is -0.153. The Labute approximate surface area is 168 Å². The summed E-state index contributed by atoms with van der Waals surface area (Å²) < 4.78 is 5.40. The number of nitrogens with zero attached hydrogens (tertiary/aromatic N) is 2. The number of rotatable bonds is 5. The number of nitrogens with two attached hydrogens (primary N) is 1. The maximum atomic E-state index is 12.5. The summed E-state index contributed by atoms with van der Waals surface area (Å²) in [5, 5.41) is 10.2. The van der Waals surface area contributed by atoms with E-state index >= 15 is 0 Å². The smallest absolute Gasteiger partial charge is 0.265 e. The van der Waals surface area contributed by atoms with Crippen molar-refractivity contribution in [2.24, 2.45) is 0 Å². The molecular formula is C19H26N6O2S. The molecule has 2 saturated heterocycles. The summed E-state index contributed by atoms with van der Waals surface area (Å²) in [6.45, 7) is 5.15. The number of carbonyl (C=O) groups is 1. The fraction of sp³-hybridized carbons (Fsp3) is 0.474. The molecule has 28 heavy (non-hydrogen) atoms. The van der Waals surface area contributed by atoms with E-state index in [1.165, 1.54) is 17.0 Å². The molecule has 9 heteroatoms. The van der Waals surface area contributed by atoms with Gasteiger partial charge in [-0.1, -0.05) is 11.3 Å². The third kappa shape index (κ3) is 4.54. The van der Waals surface area contributed by atoms with Crippen LogP contribution in [-0.2, 0) is 4.74 Å². The number of ether oxygens (including phenoxy) is 1. The Morgan fingerprint density at radius 2 is 2.07 bits per heavy atom. The van der Waals surface area contributed by atoms with Gasteiger partial charge in [0, 0.05) is 37.1 Å². The SMILES string of the molecule is Nc1nc(Nc2ccc(N3CCOCC3)cc2)sc1C(=O)NC1CCCNC1. The van der Waals surface area contributed by atoms with Gasteiger partial charge in [0.25, 0.3) is 5.91 Å². The molecule has 0 radical (unpaired) electrons. The third-order valence-corrected chi connectivity index (χ3v) is 5.97. The summed E-state index contributed by atoms with van der Waals surface area (Å²) in [4.78, 5) is 19.6.